The summed E-state index contributed by atoms with van der Waals surface area (Å²) in [5.41, 5.74) is 0.665. The Hall–Kier alpha value is -1.57. The Kier molecular flexibility index (Phi) is 4.19. The molecule has 0 unspecified atom stereocenters. The van der Waals surface area contributed by atoms with Gasteiger partial charge < -0.3 is 15.2 Å². The van der Waals surface area contributed by atoms with Gasteiger partial charge in [-0.2, -0.15) is 5.26 Å². The van der Waals surface area contributed by atoms with Gasteiger partial charge in [0.05, 0.1) is 5.60 Å². The Labute approximate surface area is 107 Å². The lowest BCUT2D eigenvalue weighted by Crippen LogP contribution is -2.45. The van der Waals surface area contributed by atoms with Gasteiger partial charge in [0.25, 0.3) is 0 Å². The summed E-state index contributed by atoms with van der Waals surface area (Å²) in [6.07, 6.45) is 2.94. The molecule has 0 amide bonds. The van der Waals surface area contributed by atoms with Gasteiger partial charge in [0, 0.05) is 13.1 Å². The van der Waals surface area contributed by atoms with Crippen molar-refractivity contribution in [2.24, 2.45) is 0 Å². The van der Waals surface area contributed by atoms with Crippen LogP contribution in [0, 0.1) is 11.3 Å². The zero-order valence-electron chi connectivity index (χ0n) is 10.4. The summed E-state index contributed by atoms with van der Waals surface area (Å²) in [7, 11) is 0. The van der Waals surface area contributed by atoms with E-state index in [-0.39, 0.29) is 6.61 Å². The maximum atomic E-state index is 9.92. The Balaban J connectivity index is 1.74. The molecule has 0 atom stereocenters. The van der Waals surface area contributed by atoms with E-state index in [1.54, 1.807) is 0 Å². The van der Waals surface area contributed by atoms with E-state index in [1.807, 2.05) is 30.3 Å². The summed E-state index contributed by atoms with van der Waals surface area (Å²) in [5.74, 6) is 0.706. The molecule has 18 heavy (non-hydrogen) atoms. The third-order valence-electron chi connectivity index (χ3n) is 3.29. The van der Waals surface area contributed by atoms with Gasteiger partial charge in [-0.1, -0.05) is 12.1 Å². The largest absolute Gasteiger partial charge is 0.479 e. The maximum Gasteiger partial charge on any atom is 0.174 e. The highest BCUT2D eigenvalue weighted by Gasteiger charge is 2.33. The van der Waals surface area contributed by atoms with E-state index in [9.17, 15) is 5.11 Å². The second-order valence-corrected chi connectivity index (χ2v) is 4.77. The van der Waals surface area contributed by atoms with E-state index >= 15 is 0 Å². The van der Waals surface area contributed by atoms with Crippen molar-refractivity contribution in [1.82, 2.24) is 5.32 Å². The molecule has 1 aliphatic carbocycles. The van der Waals surface area contributed by atoms with Crippen LogP contribution in [-0.4, -0.2) is 23.9 Å². The first-order chi connectivity index (χ1) is 8.72. The maximum absolute atomic E-state index is 9.92. The minimum atomic E-state index is -0.476. The molecule has 0 spiro atoms. The third-order valence-corrected chi connectivity index (χ3v) is 3.29. The zero-order valence-corrected chi connectivity index (χ0v) is 10.4. The van der Waals surface area contributed by atoms with Gasteiger partial charge in [0.2, 0.25) is 0 Å². The number of nitriles is 1. The minimum absolute atomic E-state index is 0.0740. The second kappa shape index (κ2) is 5.85. The topological polar surface area (TPSA) is 65.3 Å². The number of ether oxygens (including phenoxy) is 1. The smallest absolute Gasteiger partial charge is 0.174 e. The zero-order chi connectivity index (χ0) is 12.8. The van der Waals surface area contributed by atoms with Crippen molar-refractivity contribution >= 4 is 0 Å². The van der Waals surface area contributed by atoms with Gasteiger partial charge in [-0.15, -0.1) is 0 Å². The van der Waals surface area contributed by atoms with Crippen LogP contribution in [0.4, 0.5) is 0 Å². The number of benzene rings is 1. The standard InChI is InChI=1S/C14H18N2O2/c15-8-9-18-13-4-2-12(3-5-13)10-16-11-14(17)6-1-7-14/h2-5,16-17H,1,6-7,9-11H2. The summed E-state index contributed by atoms with van der Waals surface area (Å²) in [5, 5.41) is 21.6. The SMILES string of the molecule is N#CCOc1ccc(CNCC2(O)CCC2)cc1. The van der Waals surface area contributed by atoms with Gasteiger partial charge in [-0.3, -0.25) is 0 Å². The molecule has 0 saturated heterocycles. The highest BCUT2D eigenvalue weighted by atomic mass is 16.5. The van der Waals surface area contributed by atoms with Crippen LogP contribution < -0.4 is 10.1 Å². The molecule has 0 bridgehead atoms. The van der Waals surface area contributed by atoms with Crippen LogP contribution in [0.25, 0.3) is 0 Å². The van der Waals surface area contributed by atoms with Crippen molar-refractivity contribution in [2.45, 2.75) is 31.4 Å². The highest BCUT2D eigenvalue weighted by molar-refractivity contribution is 5.27. The van der Waals surface area contributed by atoms with Crippen molar-refractivity contribution in [3.8, 4) is 11.8 Å². The molecule has 1 aromatic rings. The van der Waals surface area contributed by atoms with Crippen molar-refractivity contribution in [3.05, 3.63) is 29.8 Å². The number of rotatable bonds is 6. The quantitative estimate of drug-likeness (QED) is 0.800. The monoisotopic (exact) mass is 246 g/mol. The molecule has 2 rings (SSSR count). The van der Waals surface area contributed by atoms with Crippen LogP contribution >= 0.6 is 0 Å². The van der Waals surface area contributed by atoms with Gasteiger partial charge in [0.15, 0.2) is 6.61 Å². The molecule has 0 heterocycles. The van der Waals surface area contributed by atoms with Crippen LogP contribution in [-0.2, 0) is 6.54 Å². The molecule has 96 valence electrons. The lowest BCUT2D eigenvalue weighted by Gasteiger charge is -2.36. The number of nitrogens with one attached hydrogen (secondary N) is 1. The predicted molar refractivity (Wildman–Crippen MR) is 68.1 cm³/mol. The van der Waals surface area contributed by atoms with Crippen molar-refractivity contribution < 1.29 is 9.84 Å². The third kappa shape index (κ3) is 3.46. The van der Waals surface area contributed by atoms with Crippen LogP contribution in [0.3, 0.4) is 0 Å². The normalized spacial score (nSPS) is 16.7. The Morgan fingerprint density at radius 2 is 2.06 bits per heavy atom. The molecular weight excluding hydrogens is 228 g/mol. The Bertz CT molecular complexity index is 418. The molecule has 4 heteroatoms. The van der Waals surface area contributed by atoms with E-state index in [0.717, 1.165) is 31.4 Å². The van der Waals surface area contributed by atoms with E-state index in [0.29, 0.717) is 12.3 Å². The molecule has 1 aliphatic rings. The fourth-order valence-corrected chi connectivity index (χ4v) is 2.02. The summed E-state index contributed by atoms with van der Waals surface area (Å²) >= 11 is 0. The summed E-state index contributed by atoms with van der Waals surface area (Å²) in [4.78, 5) is 0. The average Bonchev–Trinajstić information content (AvgIpc) is 2.36. The van der Waals surface area contributed by atoms with E-state index in [1.165, 1.54) is 0 Å². The fourth-order valence-electron chi connectivity index (χ4n) is 2.02. The predicted octanol–water partition coefficient (Wildman–Crippen LogP) is 1.59. The molecule has 1 aromatic carbocycles. The summed E-state index contributed by atoms with van der Waals surface area (Å²) in [6.45, 7) is 1.46. The molecule has 1 saturated carbocycles. The Morgan fingerprint density at radius 1 is 1.33 bits per heavy atom. The van der Waals surface area contributed by atoms with Crippen molar-refractivity contribution in [3.63, 3.8) is 0 Å². The molecule has 4 nitrogen and oxygen atoms in total. The summed E-state index contributed by atoms with van der Waals surface area (Å²) < 4.78 is 5.17. The molecule has 1 fully saturated rings. The Morgan fingerprint density at radius 3 is 2.61 bits per heavy atom. The van der Waals surface area contributed by atoms with Crippen LogP contribution in [0.5, 0.6) is 5.75 Å². The molecule has 0 aliphatic heterocycles. The van der Waals surface area contributed by atoms with Crippen LogP contribution in [0.1, 0.15) is 24.8 Å². The lowest BCUT2D eigenvalue weighted by atomic mass is 9.80. The average molecular weight is 246 g/mol. The molecular formula is C14H18N2O2. The van der Waals surface area contributed by atoms with Gasteiger partial charge in [-0.05, 0) is 37.0 Å². The van der Waals surface area contributed by atoms with Crippen LogP contribution in [0.15, 0.2) is 24.3 Å². The highest BCUT2D eigenvalue weighted by Crippen LogP contribution is 2.30. The van der Waals surface area contributed by atoms with Gasteiger partial charge in [0.1, 0.15) is 11.8 Å². The number of nitrogens with zero attached hydrogens (tertiary/aromatic N) is 1. The first-order valence-corrected chi connectivity index (χ1v) is 6.24. The molecule has 0 aromatic heterocycles. The van der Waals surface area contributed by atoms with E-state index < -0.39 is 5.60 Å². The van der Waals surface area contributed by atoms with Crippen molar-refractivity contribution in [2.75, 3.05) is 13.2 Å². The number of hydrogen-bond donors (Lipinski definition) is 2. The molecule has 2 N–H and O–H groups in total. The molecule has 0 radical (unpaired) electrons. The lowest BCUT2D eigenvalue weighted by molar-refractivity contribution is -0.0314. The summed E-state index contributed by atoms with van der Waals surface area (Å²) in [6, 6.07) is 9.57. The van der Waals surface area contributed by atoms with E-state index in [4.69, 9.17) is 10.00 Å². The number of aliphatic hydroxyl groups is 1. The van der Waals surface area contributed by atoms with Crippen LogP contribution in [0.2, 0.25) is 0 Å². The number of hydrogen-bond acceptors (Lipinski definition) is 4. The fraction of sp³-hybridized carbons (Fsp3) is 0.500. The first-order valence-electron chi connectivity index (χ1n) is 6.24. The minimum Gasteiger partial charge on any atom is -0.479 e. The second-order valence-electron chi connectivity index (χ2n) is 4.77. The first kappa shape index (κ1) is 12.9. The van der Waals surface area contributed by atoms with Gasteiger partial charge >= 0.3 is 0 Å². The van der Waals surface area contributed by atoms with Gasteiger partial charge in [-0.25, -0.2) is 0 Å². The van der Waals surface area contributed by atoms with E-state index in [2.05, 4.69) is 5.32 Å². The van der Waals surface area contributed by atoms with Crippen molar-refractivity contribution in [1.29, 1.82) is 5.26 Å².